The molecule has 0 spiro atoms. The van der Waals surface area contributed by atoms with Gasteiger partial charge in [0, 0.05) is 18.6 Å². The van der Waals surface area contributed by atoms with Crippen LogP contribution in [0.4, 0.5) is 0 Å². The molecular formula is C11H24N2S. The van der Waals surface area contributed by atoms with Gasteiger partial charge in [-0.15, -0.1) is 0 Å². The number of hydrogen-bond acceptors (Lipinski definition) is 3. The second-order valence-corrected chi connectivity index (χ2v) is 5.84. The van der Waals surface area contributed by atoms with Crippen molar-refractivity contribution in [3.05, 3.63) is 0 Å². The van der Waals surface area contributed by atoms with E-state index < -0.39 is 0 Å². The number of nitrogens with zero attached hydrogens (tertiary/aromatic N) is 2. The van der Waals surface area contributed by atoms with Gasteiger partial charge < -0.3 is 4.90 Å². The molecule has 1 fully saturated rings. The van der Waals surface area contributed by atoms with Crippen molar-refractivity contribution in [2.24, 2.45) is 5.92 Å². The SMILES string of the molecule is CSN1CCCC(C(C)(C)N(C)C)C1. The zero-order valence-electron chi connectivity index (χ0n) is 10.2. The monoisotopic (exact) mass is 216 g/mol. The van der Waals surface area contributed by atoms with Crippen LogP contribution < -0.4 is 0 Å². The standard InChI is InChI=1S/C11H24N2S/c1-11(2,12(3)4)10-7-6-8-13(9-10)14-5/h10H,6-9H2,1-5H3. The van der Waals surface area contributed by atoms with Gasteiger partial charge in [-0.2, -0.15) is 0 Å². The van der Waals surface area contributed by atoms with E-state index >= 15 is 0 Å². The van der Waals surface area contributed by atoms with E-state index in [-0.39, 0.29) is 0 Å². The average molecular weight is 216 g/mol. The highest BCUT2D eigenvalue weighted by molar-refractivity contribution is 7.96. The largest absolute Gasteiger partial charge is 0.304 e. The lowest BCUT2D eigenvalue weighted by atomic mass is 9.81. The summed E-state index contributed by atoms with van der Waals surface area (Å²) in [6.45, 7) is 7.23. The van der Waals surface area contributed by atoms with Crippen LogP contribution in [-0.2, 0) is 0 Å². The van der Waals surface area contributed by atoms with Crippen LogP contribution in [0.3, 0.4) is 0 Å². The van der Waals surface area contributed by atoms with Gasteiger partial charge in [0.05, 0.1) is 0 Å². The van der Waals surface area contributed by atoms with E-state index in [1.807, 2.05) is 11.9 Å². The first-order chi connectivity index (χ1) is 6.48. The Morgan fingerprint density at radius 2 is 2.00 bits per heavy atom. The minimum atomic E-state index is 0.328. The van der Waals surface area contributed by atoms with Crippen molar-refractivity contribution in [2.45, 2.75) is 32.2 Å². The summed E-state index contributed by atoms with van der Waals surface area (Å²) >= 11 is 1.89. The van der Waals surface area contributed by atoms with Gasteiger partial charge in [0.25, 0.3) is 0 Å². The Morgan fingerprint density at radius 1 is 1.36 bits per heavy atom. The van der Waals surface area contributed by atoms with Gasteiger partial charge in [0.1, 0.15) is 0 Å². The summed E-state index contributed by atoms with van der Waals surface area (Å²) in [5, 5.41) is 0. The maximum atomic E-state index is 2.50. The molecule has 0 saturated carbocycles. The minimum Gasteiger partial charge on any atom is -0.304 e. The Balaban J connectivity index is 2.59. The van der Waals surface area contributed by atoms with Gasteiger partial charge in [-0.05, 0) is 53.0 Å². The smallest absolute Gasteiger partial charge is 0.0187 e. The molecule has 1 saturated heterocycles. The van der Waals surface area contributed by atoms with E-state index in [2.05, 4.69) is 43.4 Å². The Morgan fingerprint density at radius 3 is 2.50 bits per heavy atom. The summed E-state index contributed by atoms with van der Waals surface area (Å²) in [4.78, 5) is 2.36. The Bertz CT molecular complexity index is 180. The van der Waals surface area contributed by atoms with Crippen LogP contribution in [0, 0.1) is 5.92 Å². The van der Waals surface area contributed by atoms with E-state index in [4.69, 9.17) is 0 Å². The first-order valence-corrected chi connectivity index (χ1v) is 6.63. The molecular weight excluding hydrogens is 192 g/mol. The van der Waals surface area contributed by atoms with Crippen molar-refractivity contribution in [1.82, 2.24) is 9.21 Å². The van der Waals surface area contributed by atoms with E-state index in [1.54, 1.807) is 0 Å². The fourth-order valence-electron chi connectivity index (χ4n) is 2.05. The topological polar surface area (TPSA) is 6.48 Å². The van der Waals surface area contributed by atoms with Crippen molar-refractivity contribution in [2.75, 3.05) is 33.4 Å². The number of piperidine rings is 1. The molecule has 0 bridgehead atoms. The van der Waals surface area contributed by atoms with Gasteiger partial charge in [-0.3, -0.25) is 4.31 Å². The van der Waals surface area contributed by atoms with Gasteiger partial charge >= 0.3 is 0 Å². The average Bonchev–Trinajstić information content (AvgIpc) is 2.17. The third-order valence-corrected chi connectivity index (χ3v) is 4.64. The van der Waals surface area contributed by atoms with Gasteiger partial charge in [-0.25, -0.2) is 0 Å². The lowest BCUT2D eigenvalue weighted by Crippen LogP contribution is -2.50. The van der Waals surface area contributed by atoms with E-state index in [0.717, 1.165) is 5.92 Å². The van der Waals surface area contributed by atoms with Crippen molar-refractivity contribution in [3.8, 4) is 0 Å². The van der Waals surface area contributed by atoms with Crippen LogP contribution in [0.15, 0.2) is 0 Å². The van der Waals surface area contributed by atoms with Gasteiger partial charge in [-0.1, -0.05) is 11.9 Å². The van der Waals surface area contributed by atoms with Gasteiger partial charge in [0.15, 0.2) is 0 Å². The molecule has 1 aliphatic rings. The molecule has 84 valence electrons. The van der Waals surface area contributed by atoms with E-state index in [0.29, 0.717) is 5.54 Å². The second-order valence-electron chi connectivity index (χ2n) is 4.96. The molecule has 0 N–H and O–H groups in total. The molecule has 1 unspecified atom stereocenters. The zero-order chi connectivity index (χ0) is 10.8. The van der Waals surface area contributed by atoms with Crippen LogP contribution in [0.25, 0.3) is 0 Å². The third kappa shape index (κ3) is 2.65. The molecule has 3 heteroatoms. The Hall–Kier alpha value is 0.270. The molecule has 0 aromatic heterocycles. The van der Waals surface area contributed by atoms with Crippen molar-refractivity contribution in [3.63, 3.8) is 0 Å². The van der Waals surface area contributed by atoms with Crippen molar-refractivity contribution < 1.29 is 0 Å². The van der Waals surface area contributed by atoms with Crippen LogP contribution >= 0.6 is 11.9 Å². The summed E-state index contributed by atoms with van der Waals surface area (Å²) in [7, 11) is 4.38. The third-order valence-electron chi connectivity index (χ3n) is 3.79. The normalized spacial score (nSPS) is 25.7. The molecule has 1 heterocycles. The van der Waals surface area contributed by atoms with E-state index in [1.165, 1.54) is 25.9 Å². The lowest BCUT2D eigenvalue weighted by molar-refractivity contribution is 0.0791. The maximum absolute atomic E-state index is 2.50. The molecule has 0 radical (unpaired) electrons. The summed E-state index contributed by atoms with van der Waals surface area (Å²) in [5.74, 6) is 0.804. The quantitative estimate of drug-likeness (QED) is 0.669. The predicted octanol–water partition coefficient (Wildman–Crippen LogP) is 2.32. The zero-order valence-corrected chi connectivity index (χ0v) is 11.0. The summed E-state index contributed by atoms with van der Waals surface area (Å²) < 4.78 is 2.50. The molecule has 1 rings (SSSR count). The minimum absolute atomic E-state index is 0.328. The highest BCUT2D eigenvalue weighted by Gasteiger charge is 2.34. The van der Waals surface area contributed by atoms with Crippen molar-refractivity contribution in [1.29, 1.82) is 0 Å². The Labute approximate surface area is 93.2 Å². The molecule has 0 aromatic carbocycles. The first-order valence-electron chi connectivity index (χ1n) is 5.45. The Kier molecular flexibility index (Phi) is 4.29. The molecule has 0 aromatic rings. The molecule has 0 aliphatic carbocycles. The van der Waals surface area contributed by atoms with Gasteiger partial charge in [0.2, 0.25) is 0 Å². The van der Waals surface area contributed by atoms with Crippen LogP contribution in [0.1, 0.15) is 26.7 Å². The molecule has 0 amide bonds. The molecule has 2 nitrogen and oxygen atoms in total. The maximum Gasteiger partial charge on any atom is 0.0187 e. The molecule has 1 atom stereocenters. The first kappa shape index (κ1) is 12.3. The molecule has 1 aliphatic heterocycles. The summed E-state index contributed by atoms with van der Waals surface area (Å²) in [6.07, 6.45) is 4.91. The number of hydrogen-bond donors (Lipinski definition) is 0. The van der Waals surface area contributed by atoms with Crippen LogP contribution in [0.2, 0.25) is 0 Å². The number of rotatable bonds is 3. The predicted molar refractivity (Wildman–Crippen MR) is 65.6 cm³/mol. The highest BCUT2D eigenvalue weighted by atomic mass is 32.2. The van der Waals surface area contributed by atoms with Crippen LogP contribution in [0.5, 0.6) is 0 Å². The second kappa shape index (κ2) is 4.86. The van der Waals surface area contributed by atoms with E-state index in [9.17, 15) is 0 Å². The van der Waals surface area contributed by atoms with Crippen LogP contribution in [-0.4, -0.2) is 48.2 Å². The lowest BCUT2D eigenvalue weighted by Gasteiger charge is -2.44. The fourth-order valence-corrected chi connectivity index (χ4v) is 2.69. The molecule has 14 heavy (non-hydrogen) atoms. The summed E-state index contributed by atoms with van der Waals surface area (Å²) in [6, 6.07) is 0. The summed E-state index contributed by atoms with van der Waals surface area (Å²) in [5.41, 5.74) is 0.328. The highest BCUT2D eigenvalue weighted by Crippen LogP contribution is 2.31. The van der Waals surface area contributed by atoms with Crippen molar-refractivity contribution >= 4 is 11.9 Å². The fraction of sp³-hybridized carbons (Fsp3) is 1.00.